The zero-order chi connectivity index (χ0) is 9.26. The number of phenolic OH excluding ortho intramolecular Hbond substituents is 1. The predicted molar refractivity (Wildman–Crippen MR) is 49.8 cm³/mol. The lowest BCUT2D eigenvalue weighted by Crippen LogP contribution is -1.94. The normalized spacial score (nSPS) is 15.4. The second-order valence-corrected chi connectivity index (χ2v) is 3.31. The van der Waals surface area contributed by atoms with Crippen molar-refractivity contribution >= 4 is 12.1 Å². The van der Waals surface area contributed by atoms with Crippen molar-refractivity contribution in [1.29, 1.82) is 0 Å². The Hall–Kier alpha value is -1.51. The quantitative estimate of drug-likeness (QED) is 0.546. The van der Waals surface area contributed by atoms with Crippen LogP contribution in [-0.2, 0) is 4.79 Å². The fourth-order valence-electron chi connectivity index (χ4n) is 1.43. The van der Waals surface area contributed by atoms with Crippen molar-refractivity contribution in [1.82, 2.24) is 0 Å². The van der Waals surface area contributed by atoms with Crippen LogP contribution in [0.15, 0.2) is 18.2 Å². The molecule has 3 heteroatoms. The largest absolute Gasteiger partial charge is 0.508 e. The minimum Gasteiger partial charge on any atom is -0.508 e. The van der Waals surface area contributed by atoms with Crippen LogP contribution >= 0.6 is 0 Å². The molecule has 1 aromatic rings. The van der Waals surface area contributed by atoms with E-state index in [-0.39, 0.29) is 0 Å². The summed E-state index contributed by atoms with van der Waals surface area (Å²) >= 11 is 0. The molecule has 1 saturated carbocycles. The van der Waals surface area contributed by atoms with Gasteiger partial charge >= 0.3 is 0 Å². The van der Waals surface area contributed by atoms with Crippen LogP contribution in [0, 0.1) is 0 Å². The first-order valence-electron chi connectivity index (χ1n) is 4.34. The molecule has 1 aliphatic carbocycles. The van der Waals surface area contributed by atoms with E-state index in [9.17, 15) is 9.90 Å². The molecule has 1 aromatic carbocycles. The highest BCUT2D eigenvalue weighted by atomic mass is 16.3. The molecule has 0 aliphatic heterocycles. The van der Waals surface area contributed by atoms with Crippen LogP contribution in [-0.4, -0.2) is 11.5 Å². The van der Waals surface area contributed by atoms with Gasteiger partial charge in [0.2, 0.25) is 6.41 Å². The molecule has 3 nitrogen and oxygen atoms in total. The smallest absolute Gasteiger partial charge is 0.211 e. The lowest BCUT2D eigenvalue weighted by Gasteiger charge is -2.05. The third-order valence-electron chi connectivity index (χ3n) is 2.27. The lowest BCUT2D eigenvalue weighted by molar-refractivity contribution is -0.105. The van der Waals surface area contributed by atoms with Crippen LogP contribution in [0.25, 0.3) is 0 Å². The first kappa shape index (κ1) is 8.10. The van der Waals surface area contributed by atoms with Gasteiger partial charge in [-0.25, -0.2) is 0 Å². The molecule has 0 atom stereocenters. The molecule has 1 aliphatic rings. The van der Waals surface area contributed by atoms with E-state index in [4.69, 9.17) is 0 Å². The number of anilines is 1. The molecule has 2 rings (SSSR count). The number of aromatic hydroxyl groups is 1. The number of hydrogen-bond donors (Lipinski definition) is 2. The van der Waals surface area contributed by atoms with E-state index >= 15 is 0 Å². The highest BCUT2D eigenvalue weighted by Crippen LogP contribution is 2.44. The van der Waals surface area contributed by atoms with E-state index in [2.05, 4.69) is 5.32 Å². The van der Waals surface area contributed by atoms with Gasteiger partial charge in [-0.05, 0) is 42.5 Å². The Morgan fingerprint density at radius 2 is 2.23 bits per heavy atom. The van der Waals surface area contributed by atoms with Gasteiger partial charge in [-0.1, -0.05) is 0 Å². The Morgan fingerprint density at radius 1 is 1.46 bits per heavy atom. The van der Waals surface area contributed by atoms with Crippen molar-refractivity contribution < 1.29 is 9.90 Å². The Labute approximate surface area is 76.4 Å². The highest BCUT2D eigenvalue weighted by Gasteiger charge is 2.26. The maximum atomic E-state index is 10.2. The standard InChI is InChI=1S/C10H11NO2/c12-6-11-8-3-4-10(13)9(5-8)7-1-2-7/h3-7,13H,1-2H2,(H,11,12). The Bertz CT molecular complexity index is 332. The summed E-state index contributed by atoms with van der Waals surface area (Å²) in [6, 6.07) is 5.15. The second-order valence-electron chi connectivity index (χ2n) is 3.31. The fourth-order valence-corrected chi connectivity index (χ4v) is 1.43. The minimum absolute atomic E-state index is 0.332. The molecule has 2 N–H and O–H groups in total. The number of hydrogen-bond acceptors (Lipinski definition) is 2. The zero-order valence-electron chi connectivity index (χ0n) is 7.16. The molecular weight excluding hydrogens is 166 g/mol. The maximum Gasteiger partial charge on any atom is 0.211 e. The molecule has 0 spiro atoms. The monoisotopic (exact) mass is 177 g/mol. The Kier molecular flexibility index (Phi) is 1.93. The molecule has 1 fully saturated rings. The SMILES string of the molecule is O=CNc1ccc(O)c(C2CC2)c1. The van der Waals surface area contributed by atoms with Crippen molar-refractivity contribution in [3.05, 3.63) is 23.8 Å². The molecule has 0 heterocycles. The van der Waals surface area contributed by atoms with Crippen LogP contribution in [0.3, 0.4) is 0 Å². The maximum absolute atomic E-state index is 10.2. The number of carbonyl (C=O) groups excluding carboxylic acids is 1. The summed E-state index contributed by atoms with van der Waals surface area (Å²) in [5.74, 6) is 0.826. The van der Waals surface area contributed by atoms with Crippen LogP contribution in [0.1, 0.15) is 24.3 Å². The van der Waals surface area contributed by atoms with Crippen LogP contribution in [0.2, 0.25) is 0 Å². The van der Waals surface area contributed by atoms with Gasteiger partial charge in [0.15, 0.2) is 0 Å². The molecule has 13 heavy (non-hydrogen) atoms. The molecule has 0 radical (unpaired) electrons. The van der Waals surface area contributed by atoms with Gasteiger partial charge in [-0.15, -0.1) is 0 Å². The minimum atomic E-state index is 0.332. The molecule has 0 bridgehead atoms. The molecular formula is C10H11NO2. The molecule has 68 valence electrons. The van der Waals surface area contributed by atoms with Crippen molar-refractivity contribution in [2.24, 2.45) is 0 Å². The number of benzene rings is 1. The molecule has 0 saturated heterocycles. The van der Waals surface area contributed by atoms with Gasteiger partial charge in [0.1, 0.15) is 5.75 Å². The number of phenols is 1. The predicted octanol–water partition coefficient (Wildman–Crippen LogP) is 1.84. The topological polar surface area (TPSA) is 49.3 Å². The van der Waals surface area contributed by atoms with E-state index in [0.29, 0.717) is 18.1 Å². The van der Waals surface area contributed by atoms with Crippen molar-refractivity contribution in [2.75, 3.05) is 5.32 Å². The summed E-state index contributed by atoms with van der Waals surface area (Å²) in [5.41, 5.74) is 1.70. The van der Waals surface area contributed by atoms with E-state index in [1.54, 1.807) is 12.1 Å². The first-order valence-corrected chi connectivity index (χ1v) is 4.34. The van der Waals surface area contributed by atoms with Gasteiger partial charge < -0.3 is 10.4 Å². The van der Waals surface area contributed by atoms with E-state index in [1.807, 2.05) is 6.07 Å². The summed E-state index contributed by atoms with van der Waals surface area (Å²) < 4.78 is 0. The van der Waals surface area contributed by atoms with Gasteiger partial charge in [-0.2, -0.15) is 0 Å². The van der Waals surface area contributed by atoms with Crippen molar-refractivity contribution in [3.63, 3.8) is 0 Å². The van der Waals surface area contributed by atoms with Crippen LogP contribution in [0.4, 0.5) is 5.69 Å². The van der Waals surface area contributed by atoms with Gasteiger partial charge in [0.05, 0.1) is 0 Å². The van der Waals surface area contributed by atoms with Gasteiger partial charge in [0, 0.05) is 5.69 Å². The Balaban J connectivity index is 2.30. The van der Waals surface area contributed by atoms with E-state index in [0.717, 1.165) is 24.1 Å². The lowest BCUT2D eigenvalue weighted by atomic mass is 10.1. The number of carbonyl (C=O) groups is 1. The summed E-state index contributed by atoms with van der Waals surface area (Å²) in [7, 11) is 0. The van der Waals surface area contributed by atoms with Crippen molar-refractivity contribution in [3.8, 4) is 5.75 Å². The van der Waals surface area contributed by atoms with Gasteiger partial charge in [0.25, 0.3) is 0 Å². The average Bonchev–Trinajstić information content (AvgIpc) is 2.92. The van der Waals surface area contributed by atoms with E-state index < -0.39 is 0 Å². The summed E-state index contributed by atoms with van der Waals surface area (Å²) in [6.45, 7) is 0. The number of rotatable bonds is 3. The first-order chi connectivity index (χ1) is 6.31. The third-order valence-corrected chi connectivity index (χ3v) is 2.27. The number of amides is 1. The summed E-state index contributed by atoms with van der Waals surface area (Å²) in [5, 5.41) is 12.1. The van der Waals surface area contributed by atoms with Crippen LogP contribution < -0.4 is 5.32 Å². The third kappa shape index (κ3) is 1.64. The molecule has 0 aromatic heterocycles. The molecule has 1 amide bonds. The molecule has 0 unspecified atom stereocenters. The highest BCUT2D eigenvalue weighted by molar-refractivity contribution is 5.72. The second kappa shape index (κ2) is 3.09. The zero-order valence-corrected chi connectivity index (χ0v) is 7.16. The van der Waals surface area contributed by atoms with E-state index in [1.165, 1.54) is 0 Å². The number of nitrogens with one attached hydrogen (secondary N) is 1. The van der Waals surface area contributed by atoms with Crippen LogP contribution in [0.5, 0.6) is 5.75 Å². The fraction of sp³-hybridized carbons (Fsp3) is 0.300. The summed E-state index contributed by atoms with van der Waals surface area (Å²) in [4.78, 5) is 10.2. The van der Waals surface area contributed by atoms with Crippen molar-refractivity contribution in [2.45, 2.75) is 18.8 Å². The Morgan fingerprint density at radius 3 is 2.85 bits per heavy atom. The summed E-state index contributed by atoms with van der Waals surface area (Å²) in [6.07, 6.45) is 2.92. The average molecular weight is 177 g/mol. The van der Waals surface area contributed by atoms with Gasteiger partial charge in [-0.3, -0.25) is 4.79 Å².